The van der Waals surface area contributed by atoms with Gasteiger partial charge in [-0.2, -0.15) is 0 Å². The van der Waals surface area contributed by atoms with Gasteiger partial charge in [-0.3, -0.25) is 0 Å². The van der Waals surface area contributed by atoms with E-state index in [9.17, 15) is 4.39 Å². The number of hydrogen-bond donors (Lipinski definition) is 1. The molecule has 0 bridgehead atoms. The van der Waals surface area contributed by atoms with E-state index >= 15 is 0 Å². The van der Waals surface area contributed by atoms with Crippen molar-refractivity contribution in [1.29, 1.82) is 0 Å². The van der Waals surface area contributed by atoms with Crippen molar-refractivity contribution in [3.63, 3.8) is 0 Å². The fourth-order valence-corrected chi connectivity index (χ4v) is 3.36. The van der Waals surface area contributed by atoms with Crippen LogP contribution < -0.4 is 10.1 Å². The van der Waals surface area contributed by atoms with E-state index in [2.05, 4.69) is 10.2 Å². The van der Waals surface area contributed by atoms with Crippen molar-refractivity contribution in [3.8, 4) is 5.75 Å². The number of fused-ring (bicyclic) bond motifs is 1. The largest absolute Gasteiger partial charge is 0.467 e. The van der Waals surface area contributed by atoms with Gasteiger partial charge in [0.05, 0.1) is 19.8 Å². The van der Waals surface area contributed by atoms with Crippen molar-refractivity contribution < 1.29 is 18.6 Å². The molecule has 1 unspecified atom stereocenters. The maximum absolute atomic E-state index is 13.9. The predicted molar refractivity (Wildman–Crippen MR) is 93.1 cm³/mol. The normalized spacial score (nSPS) is 20.4. The van der Waals surface area contributed by atoms with E-state index in [1.165, 1.54) is 12.1 Å². The average Bonchev–Trinajstić information content (AvgIpc) is 3.07. The highest BCUT2D eigenvalue weighted by Crippen LogP contribution is 2.30. The molecule has 6 nitrogen and oxygen atoms in total. The van der Waals surface area contributed by atoms with Gasteiger partial charge in [-0.25, -0.2) is 9.38 Å². The summed E-state index contributed by atoms with van der Waals surface area (Å²) in [6.45, 7) is 6.40. The maximum atomic E-state index is 13.9. The fourth-order valence-electron chi connectivity index (χ4n) is 3.36. The van der Waals surface area contributed by atoms with Gasteiger partial charge in [0.25, 0.3) is 0 Å². The van der Waals surface area contributed by atoms with E-state index in [1.54, 1.807) is 7.11 Å². The first kappa shape index (κ1) is 17.9. The predicted octanol–water partition coefficient (Wildman–Crippen LogP) is 2.13. The lowest BCUT2D eigenvalue weighted by molar-refractivity contribution is -0.0172. The van der Waals surface area contributed by atoms with E-state index < -0.39 is 0 Å². The lowest BCUT2D eigenvalue weighted by Crippen LogP contribution is -2.40. The Labute approximate surface area is 148 Å². The van der Waals surface area contributed by atoms with Crippen molar-refractivity contribution in [1.82, 2.24) is 10.2 Å². The molecule has 0 amide bonds. The summed E-state index contributed by atoms with van der Waals surface area (Å²) in [7, 11) is 1.73. The van der Waals surface area contributed by atoms with Crippen molar-refractivity contribution in [2.75, 3.05) is 40.1 Å². The Morgan fingerprint density at radius 1 is 1.48 bits per heavy atom. The van der Waals surface area contributed by atoms with E-state index in [-0.39, 0.29) is 12.6 Å². The second-order valence-corrected chi connectivity index (χ2v) is 6.39. The molecule has 0 aliphatic carbocycles. The Morgan fingerprint density at radius 3 is 3.16 bits per heavy atom. The van der Waals surface area contributed by atoms with Crippen LogP contribution in [0, 0.1) is 11.7 Å². The first-order chi connectivity index (χ1) is 12.2. The summed E-state index contributed by atoms with van der Waals surface area (Å²) in [6.07, 6.45) is 1.09. The number of aliphatic imine (C=N–C) groups is 1. The summed E-state index contributed by atoms with van der Waals surface area (Å²) in [5.74, 6) is 1.79. The van der Waals surface area contributed by atoms with Crippen LogP contribution in [-0.2, 0) is 22.6 Å². The first-order valence-corrected chi connectivity index (χ1v) is 8.75. The van der Waals surface area contributed by atoms with Crippen molar-refractivity contribution in [2.24, 2.45) is 10.9 Å². The molecule has 25 heavy (non-hydrogen) atoms. The Balaban J connectivity index is 1.75. The number of likely N-dealkylation sites (tertiary alicyclic amines) is 1. The molecule has 1 saturated heterocycles. The molecule has 7 heteroatoms. The maximum Gasteiger partial charge on any atom is 0.194 e. The van der Waals surface area contributed by atoms with Crippen LogP contribution in [0.2, 0.25) is 0 Å². The third-order valence-electron chi connectivity index (χ3n) is 4.47. The second kappa shape index (κ2) is 8.49. The molecule has 2 heterocycles. The zero-order chi connectivity index (χ0) is 17.6. The molecule has 1 atom stereocenters. The minimum Gasteiger partial charge on any atom is -0.467 e. The van der Waals surface area contributed by atoms with Gasteiger partial charge in [-0.15, -0.1) is 0 Å². The Morgan fingerprint density at radius 2 is 2.36 bits per heavy atom. The van der Waals surface area contributed by atoms with Gasteiger partial charge < -0.3 is 24.4 Å². The monoisotopic (exact) mass is 351 g/mol. The van der Waals surface area contributed by atoms with E-state index in [1.807, 2.05) is 6.92 Å². The third-order valence-corrected chi connectivity index (χ3v) is 4.47. The Kier molecular flexibility index (Phi) is 6.09. The van der Waals surface area contributed by atoms with Crippen molar-refractivity contribution in [3.05, 3.63) is 29.1 Å². The smallest absolute Gasteiger partial charge is 0.194 e. The summed E-state index contributed by atoms with van der Waals surface area (Å²) >= 11 is 0. The highest BCUT2D eigenvalue weighted by Gasteiger charge is 2.25. The van der Waals surface area contributed by atoms with Gasteiger partial charge in [0.2, 0.25) is 0 Å². The van der Waals surface area contributed by atoms with Crippen LogP contribution in [0.1, 0.15) is 24.5 Å². The first-order valence-electron chi connectivity index (χ1n) is 8.75. The highest BCUT2D eigenvalue weighted by molar-refractivity contribution is 5.80. The molecule has 0 radical (unpaired) electrons. The Hall–Kier alpha value is -1.86. The van der Waals surface area contributed by atoms with Gasteiger partial charge >= 0.3 is 0 Å². The molecule has 138 valence electrons. The van der Waals surface area contributed by atoms with Crippen LogP contribution in [0.3, 0.4) is 0 Å². The summed E-state index contributed by atoms with van der Waals surface area (Å²) < 4.78 is 29.9. The van der Waals surface area contributed by atoms with Crippen LogP contribution in [0.15, 0.2) is 17.1 Å². The summed E-state index contributed by atoms with van der Waals surface area (Å²) in [5, 5.41) is 3.33. The molecule has 0 spiro atoms. The number of hydrogen-bond acceptors (Lipinski definition) is 4. The molecule has 0 saturated carbocycles. The average molecular weight is 351 g/mol. The summed E-state index contributed by atoms with van der Waals surface area (Å²) in [4.78, 5) is 6.95. The van der Waals surface area contributed by atoms with Crippen molar-refractivity contribution >= 4 is 5.96 Å². The van der Waals surface area contributed by atoms with Crippen molar-refractivity contribution in [2.45, 2.75) is 26.5 Å². The number of nitrogens with zero attached hydrogens (tertiary/aromatic N) is 2. The van der Waals surface area contributed by atoms with E-state index in [4.69, 9.17) is 19.2 Å². The van der Waals surface area contributed by atoms with Gasteiger partial charge in [0.15, 0.2) is 12.8 Å². The minimum absolute atomic E-state index is 0.195. The molecule has 2 aliphatic rings. The topological polar surface area (TPSA) is 55.3 Å². The molecule has 1 aromatic rings. The molecule has 1 fully saturated rings. The van der Waals surface area contributed by atoms with Crippen LogP contribution >= 0.6 is 0 Å². The van der Waals surface area contributed by atoms with Gasteiger partial charge in [0.1, 0.15) is 11.6 Å². The number of benzene rings is 1. The molecule has 3 rings (SSSR count). The van der Waals surface area contributed by atoms with Crippen LogP contribution in [-0.4, -0.2) is 51.0 Å². The number of guanidine groups is 1. The zero-order valence-corrected chi connectivity index (χ0v) is 14.9. The van der Waals surface area contributed by atoms with E-state index in [0.717, 1.165) is 49.7 Å². The molecule has 0 aromatic heterocycles. The number of rotatable bonds is 5. The highest BCUT2D eigenvalue weighted by atomic mass is 19.1. The molecule has 1 aromatic carbocycles. The summed E-state index contributed by atoms with van der Waals surface area (Å²) in [5.41, 5.74) is 1.49. The summed E-state index contributed by atoms with van der Waals surface area (Å²) in [6, 6.07) is 2.96. The number of nitrogens with one attached hydrogen (secondary N) is 1. The standard InChI is InChI=1S/C18H26FN3O3/c1-3-20-18(22-5-4-13(9-22)10-23-2)21-8-14-6-16(19)7-15-11-24-12-25-17(14)15/h6-7,13H,3-5,8-12H2,1-2H3,(H,20,21). The van der Waals surface area contributed by atoms with Gasteiger partial charge in [-0.1, -0.05) is 0 Å². The van der Waals surface area contributed by atoms with Crippen LogP contribution in [0.25, 0.3) is 0 Å². The van der Waals surface area contributed by atoms with Gasteiger partial charge in [0, 0.05) is 43.8 Å². The molecule has 1 N–H and O–H groups in total. The quantitative estimate of drug-likeness (QED) is 0.651. The zero-order valence-electron chi connectivity index (χ0n) is 14.9. The lowest BCUT2D eigenvalue weighted by atomic mass is 10.1. The van der Waals surface area contributed by atoms with E-state index in [0.29, 0.717) is 24.8 Å². The van der Waals surface area contributed by atoms with Gasteiger partial charge in [-0.05, 0) is 25.5 Å². The van der Waals surface area contributed by atoms with Crippen LogP contribution in [0.4, 0.5) is 4.39 Å². The second-order valence-electron chi connectivity index (χ2n) is 6.39. The van der Waals surface area contributed by atoms with Crippen LogP contribution in [0.5, 0.6) is 5.75 Å². The molecule has 2 aliphatic heterocycles. The SMILES string of the molecule is CCNC(=NCc1cc(F)cc2c1OCOC2)N1CCC(COC)C1. The number of ether oxygens (including phenoxy) is 3. The minimum atomic E-state index is -0.288. The lowest BCUT2D eigenvalue weighted by Gasteiger charge is -2.23. The molecular weight excluding hydrogens is 325 g/mol. The Bertz CT molecular complexity index is 624. The molecular formula is C18H26FN3O3. The fraction of sp³-hybridized carbons (Fsp3) is 0.611. The third kappa shape index (κ3) is 4.41. The number of methoxy groups -OCH3 is 1. The number of halogens is 1.